The summed E-state index contributed by atoms with van der Waals surface area (Å²) in [5.41, 5.74) is 1.34. The van der Waals surface area contributed by atoms with Gasteiger partial charge in [-0.2, -0.15) is 5.26 Å². The second-order valence-electron chi connectivity index (χ2n) is 5.08. The lowest BCUT2D eigenvalue weighted by molar-refractivity contribution is -0.137. The third-order valence-corrected chi connectivity index (χ3v) is 5.22. The summed E-state index contributed by atoms with van der Waals surface area (Å²) in [7, 11) is 1.40. The van der Waals surface area contributed by atoms with Gasteiger partial charge in [0.2, 0.25) is 0 Å². The molecule has 0 bridgehead atoms. The molecule has 3 unspecified atom stereocenters. The molecule has 4 heteroatoms. The molecule has 0 aromatic heterocycles. The van der Waals surface area contributed by atoms with E-state index in [4.69, 9.17) is 0 Å². The standard InChI is InChI=1S/C16H19NO2S/c1-19-16(18)11-20-15-9-13(7-8-14(15)10-17)12-5-3-2-4-6-12/h2-6,13-15H,7-9,11H2,1H3. The predicted molar refractivity (Wildman–Crippen MR) is 80.4 cm³/mol. The van der Waals surface area contributed by atoms with E-state index in [0.29, 0.717) is 11.7 Å². The van der Waals surface area contributed by atoms with Crippen LogP contribution in [-0.2, 0) is 9.53 Å². The Balaban J connectivity index is 2.00. The second-order valence-corrected chi connectivity index (χ2v) is 6.31. The zero-order valence-electron chi connectivity index (χ0n) is 11.6. The van der Waals surface area contributed by atoms with Crippen LogP contribution in [0.15, 0.2) is 30.3 Å². The Labute approximate surface area is 124 Å². The van der Waals surface area contributed by atoms with Gasteiger partial charge in [-0.05, 0) is 30.7 Å². The van der Waals surface area contributed by atoms with Crippen LogP contribution < -0.4 is 0 Å². The molecule has 20 heavy (non-hydrogen) atoms. The molecule has 0 heterocycles. The fourth-order valence-electron chi connectivity index (χ4n) is 2.72. The molecule has 106 valence electrons. The lowest BCUT2D eigenvalue weighted by Gasteiger charge is -2.32. The molecular weight excluding hydrogens is 270 g/mol. The summed E-state index contributed by atoms with van der Waals surface area (Å²) in [5.74, 6) is 0.662. The normalized spacial score (nSPS) is 25.7. The van der Waals surface area contributed by atoms with Crippen LogP contribution in [0.25, 0.3) is 0 Å². The highest BCUT2D eigenvalue weighted by Gasteiger charge is 2.32. The van der Waals surface area contributed by atoms with Crippen molar-refractivity contribution in [1.29, 1.82) is 5.26 Å². The van der Waals surface area contributed by atoms with E-state index in [1.807, 2.05) is 6.07 Å². The topological polar surface area (TPSA) is 50.1 Å². The molecular formula is C16H19NO2S. The molecule has 0 spiro atoms. The number of ether oxygens (including phenoxy) is 1. The van der Waals surface area contributed by atoms with Crippen LogP contribution in [0.4, 0.5) is 0 Å². The lowest BCUT2D eigenvalue weighted by Crippen LogP contribution is -2.26. The average molecular weight is 289 g/mol. The minimum Gasteiger partial charge on any atom is -0.468 e. The number of thioether (sulfide) groups is 1. The SMILES string of the molecule is COC(=O)CSC1CC(c2ccccc2)CCC1C#N. The van der Waals surface area contributed by atoms with E-state index < -0.39 is 0 Å². The van der Waals surface area contributed by atoms with Crippen LogP contribution in [0.5, 0.6) is 0 Å². The highest BCUT2D eigenvalue weighted by Crippen LogP contribution is 2.41. The van der Waals surface area contributed by atoms with Crippen LogP contribution in [-0.4, -0.2) is 24.1 Å². The molecule has 3 nitrogen and oxygen atoms in total. The molecule has 0 N–H and O–H groups in total. The van der Waals surface area contributed by atoms with E-state index in [2.05, 4.69) is 35.1 Å². The molecule has 2 rings (SSSR count). The summed E-state index contributed by atoms with van der Waals surface area (Å²) in [6, 6.07) is 12.8. The van der Waals surface area contributed by atoms with Gasteiger partial charge >= 0.3 is 5.97 Å². The Morgan fingerprint density at radius 3 is 2.80 bits per heavy atom. The van der Waals surface area contributed by atoms with Crippen molar-refractivity contribution in [2.24, 2.45) is 5.92 Å². The Hall–Kier alpha value is -1.47. The lowest BCUT2D eigenvalue weighted by atomic mass is 9.79. The van der Waals surface area contributed by atoms with Crippen molar-refractivity contribution >= 4 is 17.7 Å². The van der Waals surface area contributed by atoms with Gasteiger partial charge in [-0.3, -0.25) is 4.79 Å². The maximum atomic E-state index is 11.3. The van der Waals surface area contributed by atoms with Gasteiger partial charge in [0.15, 0.2) is 0 Å². The van der Waals surface area contributed by atoms with Crippen molar-refractivity contribution in [3.63, 3.8) is 0 Å². The van der Waals surface area contributed by atoms with Gasteiger partial charge in [0.05, 0.1) is 24.8 Å². The van der Waals surface area contributed by atoms with Gasteiger partial charge in [0.1, 0.15) is 0 Å². The average Bonchev–Trinajstić information content (AvgIpc) is 2.53. The Bertz CT molecular complexity index is 483. The third-order valence-electron chi connectivity index (χ3n) is 3.87. The summed E-state index contributed by atoms with van der Waals surface area (Å²) < 4.78 is 4.68. The summed E-state index contributed by atoms with van der Waals surface area (Å²) in [6.07, 6.45) is 2.93. The Morgan fingerprint density at radius 1 is 1.40 bits per heavy atom. The molecule has 3 atom stereocenters. The fraction of sp³-hybridized carbons (Fsp3) is 0.500. The van der Waals surface area contributed by atoms with Crippen LogP contribution in [0.1, 0.15) is 30.7 Å². The predicted octanol–water partition coefficient (Wildman–Crippen LogP) is 3.37. The number of hydrogen-bond acceptors (Lipinski definition) is 4. The molecule has 1 aromatic carbocycles. The van der Waals surface area contributed by atoms with Gasteiger partial charge in [0, 0.05) is 5.25 Å². The Morgan fingerprint density at radius 2 is 2.15 bits per heavy atom. The zero-order valence-corrected chi connectivity index (χ0v) is 12.4. The monoisotopic (exact) mass is 289 g/mol. The number of rotatable bonds is 4. The molecule has 1 aromatic rings. The first kappa shape index (κ1) is 14.9. The van der Waals surface area contributed by atoms with Crippen LogP contribution in [0.2, 0.25) is 0 Å². The quantitative estimate of drug-likeness (QED) is 0.797. The number of hydrogen-bond donors (Lipinski definition) is 0. The van der Waals surface area contributed by atoms with Crippen LogP contribution in [0, 0.1) is 17.2 Å². The molecule has 0 amide bonds. The summed E-state index contributed by atoms with van der Waals surface area (Å²) in [5, 5.41) is 9.48. The highest BCUT2D eigenvalue weighted by atomic mass is 32.2. The molecule has 0 saturated heterocycles. The number of carbonyl (C=O) groups is 1. The molecule has 0 radical (unpaired) electrons. The van der Waals surface area contributed by atoms with Crippen molar-refractivity contribution in [2.45, 2.75) is 30.4 Å². The molecule has 1 saturated carbocycles. The molecule has 1 aliphatic carbocycles. The van der Waals surface area contributed by atoms with Crippen LogP contribution in [0.3, 0.4) is 0 Å². The van der Waals surface area contributed by atoms with E-state index in [-0.39, 0.29) is 17.1 Å². The van der Waals surface area contributed by atoms with Crippen molar-refractivity contribution in [3.05, 3.63) is 35.9 Å². The number of methoxy groups -OCH3 is 1. The Kier molecular flexibility index (Phi) is 5.49. The molecule has 1 aliphatic rings. The maximum absolute atomic E-state index is 11.3. The van der Waals surface area contributed by atoms with Gasteiger partial charge in [-0.25, -0.2) is 0 Å². The van der Waals surface area contributed by atoms with Crippen LogP contribution >= 0.6 is 11.8 Å². The fourth-order valence-corrected chi connectivity index (χ4v) is 3.99. The first-order chi connectivity index (χ1) is 9.74. The number of benzene rings is 1. The van der Waals surface area contributed by atoms with Gasteiger partial charge in [-0.1, -0.05) is 30.3 Å². The van der Waals surface area contributed by atoms with Crippen molar-refractivity contribution in [3.8, 4) is 6.07 Å². The summed E-state index contributed by atoms with van der Waals surface area (Å²) >= 11 is 1.56. The van der Waals surface area contributed by atoms with Crippen molar-refractivity contribution in [1.82, 2.24) is 0 Å². The highest BCUT2D eigenvalue weighted by molar-refractivity contribution is 8.00. The van der Waals surface area contributed by atoms with Gasteiger partial charge in [0.25, 0.3) is 0 Å². The van der Waals surface area contributed by atoms with E-state index >= 15 is 0 Å². The molecule has 0 aliphatic heterocycles. The zero-order chi connectivity index (χ0) is 14.4. The summed E-state index contributed by atoms with van der Waals surface area (Å²) in [6.45, 7) is 0. The van der Waals surface area contributed by atoms with E-state index in [1.54, 1.807) is 11.8 Å². The smallest absolute Gasteiger partial charge is 0.315 e. The first-order valence-electron chi connectivity index (χ1n) is 6.87. The van der Waals surface area contributed by atoms with E-state index in [0.717, 1.165) is 19.3 Å². The minimum absolute atomic E-state index is 0.0459. The van der Waals surface area contributed by atoms with Gasteiger partial charge < -0.3 is 4.74 Å². The molecule has 1 fully saturated rings. The van der Waals surface area contributed by atoms with Crippen molar-refractivity contribution < 1.29 is 9.53 Å². The number of esters is 1. The van der Waals surface area contributed by atoms with Crippen molar-refractivity contribution in [2.75, 3.05) is 12.9 Å². The van der Waals surface area contributed by atoms with E-state index in [9.17, 15) is 10.1 Å². The third kappa shape index (κ3) is 3.77. The second kappa shape index (κ2) is 7.35. The number of nitrogens with zero attached hydrogens (tertiary/aromatic N) is 1. The number of carbonyl (C=O) groups excluding carboxylic acids is 1. The summed E-state index contributed by atoms with van der Waals surface area (Å²) in [4.78, 5) is 11.3. The number of nitriles is 1. The van der Waals surface area contributed by atoms with Gasteiger partial charge in [-0.15, -0.1) is 11.8 Å². The largest absolute Gasteiger partial charge is 0.468 e. The first-order valence-corrected chi connectivity index (χ1v) is 7.92. The van der Waals surface area contributed by atoms with E-state index in [1.165, 1.54) is 12.7 Å². The maximum Gasteiger partial charge on any atom is 0.315 e. The minimum atomic E-state index is -0.214.